The van der Waals surface area contributed by atoms with Gasteiger partial charge in [0.25, 0.3) is 0 Å². The van der Waals surface area contributed by atoms with Gasteiger partial charge in [0.2, 0.25) is 15.9 Å². The van der Waals surface area contributed by atoms with E-state index in [9.17, 15) is 17.6 Å². The van der Waals surface area contributed by atoms with Gasteiger partial charge in [-0.25, -0.2) is 27.5 Å². The monoisotopic (exact) mass is 613 g/mol. The van der Waals surface area contributed by atoms with E-state index in [1.54, 1.807) is 30.7 Å². The second kappa shape index (κ2) is 11.5. The lowest BCUT2D eigenvalue weighted by molar-refractivity contribution is -0.116. The molecule has 0 spiro atoms. The van der Waals surface area contributed by atoms with Gasteiger partial charge in [0.1, 0.15) is 16.9 Å². The molecule has 0 aliphatic rings. The smallest absolute Gasteiger partial charge is 0.224 e. The molecule has 14 heteroatoms. The summed E-state index contributed by atoms with van der Waals surface area (Å²) in [4.78, 5) is 33.9. The highest BCUT2D eigenvalue weighted by Gasteiger charge is 2.18. The zero-order chi connectivity index (χ0) is 31.0. The number of pyridine rings is 3. The molecule has 0 saturated carbocycles. The summed E-state index contributed by atoms with van der Waals surface area (Å²) in [6.07, 6.45) is 6.29. The Morgan fingerprint density at radius 1 is 0.977 bits per heavy atom. The van der Waals surface area contributed by atoms with Crippen LogP contribution in [0.2, 0.25) is 0 Å². The van der Waals surface area contributed by atoms with Crippen molar-refractivity contribution in [3.63, 3.8) is 0 Å². The molecule has 0 aliphatic heterocycles. The number of aromatic amines is 2. The first-order chi connectivity index (χ1) is 21.0. The van der Waals surface area contributed by atoms with Gasteiger partial charge in [0.05, 0.1) is 40.6 Å². The molecule has 0 atom stereocenters. The molecule has 6 aromatic rings. The lowest BCUT2D eigenvalue weighted by atomic mass is 10.1. The van der Waals surface area contributed by atoms with E-state index < -0.39 is 15.8 Å². The SMILES string of the molecule is CC(C)CC(=O)Nc1cncc(-c2ccc3[nH]nc(-c4nc5c(-c6cc(F)cc(CNS(C)(=O)=O)c6)nccc5[nH]4)c3n2)c1. The van der Waals surface area contributed by atoms with Gasteiger partial charge < -0.3 is 10.3 Å². The van der Waals surface area contributed by atoms with E-state index in [0.29, 0.717) is 73.8 Å². The van der Waals surface area contributed by atoms with Gasteiger partial charge in [0.15, 0.2) is 11.5 Å². The summed E-state index contributed by atoms with van der Waals surface area (Å²) in [5.41, 5.74) is 6.06. The van der Waals surface area contributed by atoms with Crippen LogP contribution in [0, 0.1) is 11.7 Å². The molecule has 1 amide bonds. The number of nitrogens with one attached hydrogen (secondary N) is 4. The number of hydrogen-bond donors (Lipinski definition) is 4. The molecular weight excluding hydrogens is 585 g/mol. The number of anilines is 1. The average molecular weight is 614 g/mol. The van der Waals surface area contributed by atoms with E-state index in [2.05, 4.69) is 35.2 Å². The Kier molecular flexibility index (Phi) is 7.61. The second-order valence-corrected chi connectivity index (χ2v) is 12.7. The standard InChI is InChI=1S/C30H28FN9O3S/c1-16(2)8-25(41)35-21-12-19(14-32-15-21)22-4-5-24-28(36-22)29(40-39-24)30-37-23-6-7-33-26(27(23)38-30)18-9-17(10-20(31)11-18)13-34-44(3,42)43/h4-7,9-12,14-16,34H,8,13H2,1-3H3,(H,35,41)(H,37,38)(H,39,40). The molecular formula is C30H28FN9O3S. The molecule has 0 saturated heterocycles. The molecule has 0 unspecified atom stereocenters. The van der Waals surface area contributed by atoms with Gasteiger partial charge in [-0.2, -0.15) is 5.10 Å². The van der Waals surface area contributed by atoms with E-state index in [4.69, 9.17) is 9.97 Å². The van der Waals surface area contributed by atoms with Crippen LogP contribution in [0.3, 0.4) is 0 Å². The van der Waals surface area contributed by atoms with Crippen molar-refractivity contribution >= 4 is 43.7 Å². The molecule has 4 N–H and O–H groups in total. The minimum Gasteiger partial charge on any atom is -0.336 e. The number of rotatable bonds is 9. The number of imidazole rings is 1. The summed E-state index contributed by atoms with van der Waals surface area (Å²) in [5.74, 6) is 0.0393. The third kappa shape index (κ3) is 6.31. The van der Waals surface area contributed by atoms with Crippen LogP contribution in [0.15, 0.2) is 61.1 Å². The fourth-order valence-corrected chi connectivity index (χ4v) is 5.25. The van der Waals surface area contributed by atoms with Gasteiger partial charge in [-0.3, -0.25) is 19.9 Å². The minimum atomic E-state index is -3.46. The number of sulfonamides is 1. The van der Waals surface area contributed by atoms with Crippen LogP contribution in [0.25, 0.3) is 56.1 Å². The number of carbonyl (C=O) groups is 1. The van der Waals surface area contributed by atoms with Crippen LogP contribution >= 0.6 is 0 Å². The molecule has 5 aromatic heterocycles. The van der Waals surface area contributed by atoms with Crippen LogP contribution in [-0.4, -0.2) is 55.7 Å². The second-order valence-electron chi connectivity index (χ2n) is 10.9. The third-order valence-corrected chi connectivity index (χ3v) is 7.38. The lowest BCUT2D eigenvalue weighted by Gasteiger charge is -2.08. The molecule has 0 fully saturated rings. The average Bonchev–Trinajstić information content (AvgIpc) is 3.59. The van der Waals surface area contributed by atoms with E-state index in [-0.39, 0.29) is 18.4 Å². The maximum atomic E-state index is 14.6. The maximum Gasteiger partial charge on any atom is 0.224 e. The number of fused-ring (bicyclic) bond motifs is 2. The summed E-state index contributed by atoms with van der Waals surface area (Å²) in [5, 5.41) is 10.3. The van der Waals surface area contributed by atoms with Gasteiger partial charge >= 0.3 is 0 Å². The number of amides is 1. The number of carbonyl (C=O) groups excluding carboxylic acids is 1. The Morgan fingerprint density at radius 2 is 1.80 bits per heavy atom. The molecule has 44 heavy (non-hydrogen) atoms. The van der Waals surface area contributed by atoms with Gasteiger partial charge in [-0.1, -0.05) is 13.8 Å². The zero-order valence-corrected chi connectivity index (χ0v) is 24.8. The maximum absolute atomic E-state index is 14.6. The van der Waals surface area contributed by atoms with Gasteiger partial charge in [-0.05, 0) is 53.9 Å². The molecule has 0 bridgehead atoms. The van der Waals surface area contributed by atoms with Crippen molar-refractivity contribution in [2.24, 2.45) is 5.92 Å². The highest BCUT2D eigenvalue weighted by molar-refractivity contribution is 7.88. The Balaban J connectivity index is 1.36. The van der Waals surface area contributed by atoms with E-state index in [1.807, 2.05) is 32.0 Å². The number of nitrogens with zero attached hydrogens (tertiary/aromatic N) is 5. The van der Waals surface area contributed by atoms with Gasteiger partial charge in [-0.15, -0.1) is 0 Å². The molecule has 1 aromatic carbocycles. The van der Waals surface area contributed by atoms with E-state index >= 15 is 0 Å². The Morgan fingerprint density at radius 3 is 2.59 bits per heavy atom. The molecule has 224 valence electrons. The largest absolute Gasteiger partial charge is 0.336 e. The van der Waals surface area contributed by atoms with Crippen molar-refractivity contribution < 1.29 is 17.6 Å². The number of halogens is 1. The fourth-order valence-electron chi connectivity index (χ4n) is 4.82. The van der Waals surface area contributed by atoms with Crippen LogP contribution in [-0.2, 0) is 21.4 Å². The van der Waals surface area contributed by atoms with E-state index in [0.717, 1.165) is 6.26 Å². The fraction of sp³-hybridized carbons (Fsp3) is 0.200. The highest BCUT2D eigenvalue weighted by Crippen LogP contribution is 2.31. The number of benzene rings is 1. The molecule has 0 radical (unpaired) electrons. The summed E-state index contributed by atoms with van der Waals surface area (Å²) < 4.78 is 40.1. The number of aromatic nitrogens is 7. The van der Waals surface area contributed by atoms with Crippen molar-refractivity contribution in [3.8, 4) is 34.0 Å². The number of H-pyrrole nitrogens is 2. The van der Waals surface area contributed by atoms with Crippen LogP contribution < -0.4 is 10.0 Å². The van der Waals surface area contributed by atoms with Crippen LogP contribution in [0.5, 0.6) is 0 Å². The summed E-state index contributed by atoms with van der Waals surface area (Å²) in [7, 11) is -3.46. The summed E-state index contributed by atoms with van der Waals surface area (Å²) in [6, 6.07) is 11.5. The van der Waals surface area contributed by atoms with Crippen LogP contribution in [0.1, 0.15) is 25.8 Å². The first-order valence-electron chi connectivity index (χ1n) is 13.7. The molecule has 0 aliphatic carbocycles. The van der Waals surface area contributed by atoms with Crippen molar-refractivity contribution in [2.45, 2.75) is 26.8 Å². The summed E-state index contributed by atoms with van der Waals surface area (Å²) >= 11 is 0. The highest BCUT2D eigenvalue weighted by atomic mass is 32.2. The first kappa shape index (κ1) is 29.0. The predicted molar refractivity (Wildman–Crippen MR) is 165 cm³/mol. The quantitative estimate of drug-likeness (QED) is 0.180. The van der Waals surface area contributed by atoms with Crippen molar-refractivity contribution in [1.29, 1.82) is 0 Å². The molecule has 6 rings (SSSR count). The van der Waals surface area contributed by atoms with Gasteiger partial charge in [0, 0.05) is 36.5 Å². The van der Waals surface area contributed by atoms with Crippen molar-refractivity contribution in [3.05, 3.63) is 72.4 Å². The first-order valence-corrected chi connectivity index (χ1v) is 15.6. The number of hydrogen-bond acceptors (Lipinski definition) is 8. The molecule has 5 heterocycles. The Labute approximate surface area is 251 Å². The molecule has 12 nitrogen and oxygen atoms in total. The zero-order valence-electron chi connectivity index (χ0n) is 24.0. The summed E-state index contributed by atoms with van der Waals surface area (Å²) in [6.45, 7) is 3.89. The lowest BCUT2D eigenvalue weighted by Crippen LogP contribution is -2.21. The minimum absolute atomic E-state index is 0.0681. The predicted octanol–water partition coefficient (Wildman–Crippen LogP) is 4.80. The van der Waals surface area contributed by atoms with Crippen molar-refractivity contribution in [1.82, 2.24) is 39.8 Å². The van der Waals surface area contributed by atoms with Crippen molar-refractivity contribution in [2.75, 3.05) is 11.6 Å². The Hall–Kier alpha value is -5.08. The third-order valence-electron chi connectivity index (χ3n) is 6.71. The van der Waals surface area contributed by atoms with E-state index in [1.165, 1.54) is 12.1 Å². The van der Waals surface area contributed by atoms with Crippen LogP contribution in [0.4, 0.5) is 10.1 Å². The normalized spacial score (nSPS) is 11.9. The topological polar surface area (TPSA) is 171 Å². The Bertz CT molecular complexity index is 2140.